The summed E-state index contributed by atoms with van der Waals surface area (Å²) in [5, 5.41) is 11.8. The van der Waals surface area contributed by atoms with E-state index in [0.717, 1.165) is 49.4 Å². The Bertz CT molecular complexity index is 2720. The smallest absolute Gasteiger partial charge is 0.136 e. The number of rotatable bonds is 2. The first-order valence-corrected chi connectivity index (χ1v) is 15.0. The van der Waals surface area contributed by atoms with Crippen LogP contribution in [0.2, 0.25) is 0 Å². The molecule has 0 aliphatic heterocycles. The van der Waals surface area contributed by atoms with E-state index in [1.54, 1.807) is 0 Å². The lowest BCUT2D eigenvalue weighted by molar-refractivity contribution is 0.664. The topological polar surface area (TPSA) is 26.3 Å². The molecule has 0 aliphatic rings. The summed E-state index contributed by atoms with van der Waals surface area (Å²) >= 11 is 0. The number of hydrogen-bond acceptors (Lipinski definition) is 2. The van der Waals surface area contributed by atoms with Crippen LogP contribution in [0.15, 0.2) is 154 Å². The summed E-state index contributed by atoms with van der Waals surface area (Å²) in [6.07, 6.45) is 0. The van der Waals surface area contributed by atoms with Gasteiger partial charge in [0.2, 0.25) is 0 Å². The zero-order valence-electron chi connectivity index (χ0n) is 23.7. The van der Waals surface area contributed by atoms with Gasteiger partial charge >= 0.3 is 0 Å². The normalized spacial score (nSPS) is 12.1. The molecule has 0 atom stereocenters. The van der Waals surface area contributed by atoms with Gasteiger partial charge in [0.25, 0.3) is 0 Å². The van der Waals surface area contributed by atoms with Gasteiger partial charge in [0.05, 0.1) is 0 Å². The molecule has 0 N–H and O–H groups in total. The van der Waals surface area contributed by atoms with E-state index in [4.69, 9.17) is 8.83 Å². The fourth-order valence-electron chi connectivity index (χ4n) is 7.33. The molecule has 2 aromatic heterocycles. The molecule has 2 heteroatoms. The van der Waals surface area contributed by atoms with Gasteiger partial charge in [0.1, 0.15) is 22.3 Å². The Morgan fingerprint density at radius 3 is 1.66 bits per heavy atom. The van der Waals surface area contributed by atoms with Crippen molar-refractivity contribution >= 4 is 76.2 Å². The van der Waals surface area contributed by atoms with Crippen molar-refractivity contribution in [3.63, 3.8) is 0 Å². The van der Waals surface area contributed by atoms with E-state index in [1.165, 1.54) is 49.0 Å². The highest BCUT2D eigenvalue weighted by Gasteiger charge is 2.21. The summed E-state index contributed by atoms with van der Waals surface area (Å²) in [4.78, 5) is 0. The molecular weight excluding hydrogens is 536 g/mol. The quantitative estimate of drug-likeness (QED) is 0.197. The SMILES string of the molecule is c1ccc2cc(-c3c4ccccc4c(-c4cccc5oc6cc7c(cc6c45)oc4ccccc47)c4ccccc34)ccc2c1. The molecule has 0 saturated heterocycles. The van der Waals surface area contributed by atoms with Gasteiger partial charge in [-0.25, -0.2) is 0 Å². The molecular formula is C42H24O2. The van der Waals surface area contributed by atoms with E-state index >= 15 is 0 Å². The van der Waals surface area contributed by atoms with Gasteiger partial charge in [-0.3, -0.25) is 0 Å². The van der Waals surface area contributed by atoms with E-state index in [2.05, 4.69) is 133 Å². The first kappa shape index (κ1) is 23.7. The molecule has 0 unspecified atom stereocenters. The van der Waals surface area contributed by atoms with Crippen LogP contribution in [-0.2, 0) is 0 Å². The van der Waals surface area contributed by atoms with Gasteiger partial charge in [-0.15, -0.1) is 0 Å². The lowest BCUT2D eigenvalue weighted by Crippen LogP contribution is -1.91. The lowest BCUT2D eigenvalue weighted by Gasteiger charge is -2.18. The highest BCUT2D eigenvalue weighted by Crippen LogP contribution is 2.47. The minimum Gasteiger partial charge on any atom is -0.456 e. The molecule has 0 radical (unpaired) electrons. The van der Waals surface area contributed by atoms with Crippen LogP contribution < -0.4 is 0 Å². The minimum atomic E-state index is 0.868. The largest absolute Gasteiger partial charge is 0.456 e. The molecule has 0 spiro atoms. The Hall–Kier alpha value is -5.86. The van der Waals surface area contributed by atoms with Gasteiger partial charge in [0, 0.05) is 21.5 Å². The second-order valence-electron chi connectivity index (χ2n) is 11.6. The van der Waals surface area contributed by atoms with Gasteiger partial charge in [0.15, 0.2) is 0 Å². The monoisotopic (exact) mass is 560 g/mol. The van der Waals surface area contributed by atoms with Crippen LogP contribution in [0.4, 0.5) is 0 Å². The number of furan rings is 2. The maximum atomic E-state index is 6.56. The molecule has 2 nitrogen and oxygen atoms in total. The first-order valence-electron chi connectivity index (χ1n) is 15.0. The van der Waals surface area contributed by atoms with Gasteiger partial charge < -0.3 is 8.83 Å². The van der Waals surface area contributed by atoms with Crippen LogP contribution in [-0.4, -0.2) is 0 Å². The van der Waals surface area contributed by atoms with Crippen LogP contribution in [0.3, 0.4) is 0 Å². The van der Waals surface area contributed by atoms with Crippen LogP contribution in [0, 0.1) is 0 Å². The van der Waals surface area contributed by atoms with Crippen molar-refractivity contribution in [1.82, 2.24) is 0 Å². The Kier molecular flexibility index (Phi) is 4.75. The molecule has 44 heavy (non-hydrogen) atoms. The average Bonchev–Trinajstić information content (AvgIpc) is 3.63. The van der Waals surface area contributed by atoms with E-state index in [1.807, 2.05) is 12.1 Å². The predicted molar refractivity (Wildman–Crippen MR) is 184 cm³/mol. The number of fused-ring (bicyclic) bond motifs is 9. The second-order valence-corrected chi connectivity index (χ2v) is 11.6. The average molecular weight is 561 g/mol. The van der Waals surface area contributed by atoms with Crippen molar-refractivity contribution in [2.75, 3.05) is 0 Å². The summed E-state index contributed by atoms with van der Waals surface area (Å²) < 4.78 is 12.9. The number of para-hydroxylation sites is 1. The van der Waals surface area contributed by atoms with E-state index in [9.17, 15) is 0 Å². The van der Waals surface area contributed by atoms with Crippen LogP contribution in [0.1, 0.15) is 0 Å². The van der Waals surface area contributed by atoms with E-state index in [0.29, 0.717) is 0 Å². The molecule has 0 fully saturated rings. The second kappa shape index (κ2) is 8.82. The highest BCUT2D eigenvalue weighted by molar-refractivity contribution is 6.26. The molecule has 8 aromatic carbocycles. The minimum absolute atomic E-state index is 0.868. The van der Waals surface area contributed by atoms with Gasteiger partial charge in [-0.2, -0.15) is 0 Å². The fourth-order valence-corrected chi connectivity index (χ4v) is 7.33. The molecule has 204 valence electrons. The molecule has 0 saturated carbocycles. The Balaban J connectivity index is 1.33. The Labute approximate surface area is 252 Å². The molecule has 10 aromatic rings. The Morgan fingerprint density at radius 1 is 0.318 bits per heavy atom. The zero-order chi connectivity index (χ0) is 28.8. The highest BCUT2D eigenvalue weighted by atomic mass is 16.3. The number of benzene rings is 8. The molecule has 0 aliphatic carbocycles. The van der Waals surface area contributed by atoms with Crippen molar-refractivity contribution < 1.29 is 8.83 Å². The summed E-state index contributed by atoms with van der Waals surface area (Å²) in [5.41, 5.74) is 8.38. The third-order valence-electron chi connectivity index (χ3n) is 9.23. The first-order chi connectivity index (χ1) is 21.8. The summed E-state index contributed by atoms with van der Waals surface area (Å²) in [6.45, 7) is 0. The molecule has 0 amide bonds. The van der Waals surface area contributed by atoms with Crippen molar-refractivity contribution in [3.05, 3.63) is 146 Å². The molecule has 0 bridgehead atoms. The van der Waals surface area contributed by atoms with E-state index < -0.39 is 0 Å². The predicted octanol–water partition coefficient (Wildman–Crippen LogP) is 12.3. The number of hydrogen-bond donors (Lipinski definition) is 0. The maximum absolute atomic E-state index is 6.56. The molecule has 2 heterocycles. The van der Waals surface area contributed by atoms with Gasteiger partial charge in [-0.1, -0.05) is 115 Å². The molecule has 10 rings (SSSR count). The van der Waals surface area contributed by atoms with Crippen molar-refractivity contribution in [1.29, 1.82) is 0 Å². The van der Waals surface area contributed by atoms with Crippen molar-refractivity contribution in [3.8, 4) is 22.3 Å². The van der Waals surface area contributed by atoms with Crippen LogP contribution in [0.25, 0.3) is 98.4 Å². The maximum Gasteiger partial charge on any atom is 0.136 e. The third-order valence-corrected chi connectivity index (χ3v) is 9.23. The van der Waals surface area contributed by atoms with Crippen LogP contribution in [0.5, 0.6) is 0 Å². The van der Waals surface area contributed by atoms with Crippen LogP contribution >= 0.6 is 0 Å². The summed E-state index contributed by atoms with van der Waals surface area (Å²) in [6, 6.07) is 52.0. The summed E-state index contributed by atoms with van der Waals surface area (Å²) in [7, 11) is 0. The lowest BCUT2D eigenvalue weighted by atomic mass is 9.84. The standard InChI is InChI=1S/C42H24O2/c1-2-11-26-22-27(21-20-25(26)10-1)40-29-13-3-5-15-31(29)41(32-16-6-4-14-30(32)40)33-17-9-19-37-42(33)35-24-38-34(23-39(35)44-37)28-12-7-8-18-36(28)43-38/h1-24H. The van der Waals surface area contributed by atoms with Crippen molar-refractivity contribution in [2.24, 2.45) is 0 Å². The van der Waals surface area contributed by atoms with Crippen molar-refractivity contribution in [2.45, 2.75) is 0 Å². The fraction of sp³-hybridized carbons (Fsp3) is 0. The Morgan fingerprint density at radius 2 is 0.886 bits per heavy atom. The summed E-state index contributed by atoms with van der Waals surface area (Å²) in [5.74, 6) is 0. The van der Waals surface area contributed by atoms with Gasteiger partial charge in [-0.05, 0) is 84.9 Å². The third kappa shape index (κ3) is 3.25. The van der Waals surface area contributed by atoms with E-state index in [-0.39, 0.29) is 0 Å². The zero-order valence-corrected chi connectivity index (χ0v) is 23.7.